The highest BCUT2D eigenvalue weighted by atomic mass is 19.1. The normalized spacial score (nSPS) is 22.4. The van der Waals surface area contributed by atoms with Crippen LogP contribution >= 0.6 is 0 Å². The Morgan fingerprint density at radius 3 is 2.64 bits per heavy atom. The van der Waals surface area contributed by atoms with Crippen molar-refractivity contribution in [3.63, 3.8) is 0 Å². The lowest BCUT2D eigenvalue weighted by Gasteiger charge is -2.28. The Bertz CT molecular complexity index is 102. The lowest BCUT2D eigenvalue weighted by atomic mass is 10.1. The molecule has 3 nitrogen and oxygen atoms in total. The highest BCUT2D eigenvalue weighted by Crippen LogP contribution is 2.10. The first-order chi connectivity index (χ1) is 5.33. The molecule has 66 valence electrons. The van der Waals surface area contributed by atoms with Gasteiger partial charge in [0.05, 0.1) is 6.61 Å². The van der Waals surface area contributed by atoms with Gasteiger partial charge in [-0.15, -0.1) is 0 Å². The van der Waals surface area contributed by atoms with Crippen LogP contribution in [0.1, 0.15) is 12.8 Å². The van der Waals surface area contributed by atoms with E-state index < -0.39 is 6.17 Å². The van der Waals surface area contributed by atoms with Gasteiger partial charge in [-0.1, -0.05) is 0 Å². The van der Waals surface area contributed by atoms with Gasteiger partial charge in [-0.05, 0) is 12.8 Å². The fourth-order valence-electron chi connectivity index (χ4n) is 1.21. The third kappa shape index (κ3) is 3.14. The van der Waals surface area contributed by atoms with Crippen LogP contribution in [0.5, 0.6) is 0 Å². The molecule has 2 N–H and O–H groups in total. The van der Waals surface area contributed by atoms with Gasteiger partial charge in [-0.2, -0.15) is 0 Å². The molecule has 1 saturated heterocycles. The van der Waals surface area contributed by atoms with Crippen LogP contribution in [0.4, 0.5) is 4.39 Å². The lowest BCUT2D eigenvalue weighted by Crippen LogP contribution is -2.45. The van der Waals surface area contributed by atoms with Crippen LogP contribution in [-0.4, -0.2) is 42.5 Å². The van der Waals surface area contributed by atoms with E-state index in [2.05, 4.69) is 5.43 Å². The van der Waals surface area contributed by atoms with Gasteiger partial charge in [0, 0.05) is 19.6 Å². The predicted octanol–water partition coefficient (Wildman–Crippen LogP) is -0.0828. The number of halogens is 1. The van der Waals surface area contributed by atoms with Crippen molar-refractivity contribution in [2.24, 2.45) is 0 Å². The lowest BCUT2D eigenvalue weighted by molar-refractivity contribution is 0.0959. The van der Waals surface area contributed by atoms with Gasteiger partial charge in [-0.25, -0.2) is 9.40 Å². The maximum absolute atomic E-state index is 12.6. The Balaban J connectivity index is 2.07. The van der Waals surface area contributed by atoms with Gasteiger partial charge in [-0.3, -0.25) is 5.43 Å². The summed E-state index contributed by atoms with van der Waals surface area (Å²) < 4.78 is 12.6. The van der Waals surface area contributed by atoms with Crippen molar-refractivity contribution in [2.75, 3.05) is 26.2 Å². The number of aliphatic hydroxyl groups is 1. The first-order valence-electron chi connectivity index (χ1n) is 4.06. The molecule has 0 aromatic heterocycles. The van der Waals surface area contributed by atoms with Crippen LogP contribution in [0, 0.1) is 0 Å². The third-order valence-corrected chi connectivity index (χ3v) is 1.87. The third-order valence-electron chi connectivity index (χ3n) is 1.87. The predicted molar refractivity (Wildman–Crippen MR) is 40.8 cm³/mol. The molecule has 0 unspecified atom stereocenters. The molecular formula is C7H15FN2O. The van der Waals surface area contributed by atoms with E-state index in [0.717, 1.165) is 13.1 Å². The highest BCUT2D eigenvalue weighted by Gasteiger charge is 2.17. The number of hydrogen-bond acceptors (Lipinski definition) is 3. The Kier molecular flexibility index (Phi) is 3.76. The van der Waals surface area contributed by atoms with Crippen LogP contribution in [0.2, 0.25) is 0 Å². The Hall–Kier alpha value is -0.190. The van der Waals surface area contributed by atoms with E-state index in [-0.39, 0.29) is 6.61 Å². The van der Waals surface area contributed by atoms with Crippen LogP contribution in [-0.2, 0) is 0 Å². The second-order valence-corrected chi connectivity index (χ2v) is 2.79. The molecule has 4 heteroatoms. The minimum absolute atomic E-state index is 0.134. The zero-order chi connectivity index (χ0) is 8.10. The Labute approximate surface area is 66.2 Å². The first-order valence-corrected chi connectivity index (χ1v) is 4.06. The number of hydrazine groups is 1. The summed E-state index contributed by atoms with van der Waals surface area (Å²) in [6.07, 6.45) is 0.596. The smallest absolute Gasteiger partial charge is 0.103 e. The molecule has 1 aliphatic heterocycles. The fourth-order valence-corrected chi connectivity index (χ4v) is 1.21. The molecule has 0 radical (unpaired) electrons. The molecule has 11 heavy (non-hydrogen) atoms. The number of piperidine rings is 1. The maximum Gasteiger partial charge on any atom is 0.103 e. The summed E-state index contributed by atoms with van der Waals surface area (Å²) in [4.78, 5) is 0. The quantitative estimate of drug-likeness (QED) is 0.609. The second-order valence-electron chi connectivity index (χ2n) is 2.79. The topological polar surface area (TPSA) is 35.5 Å². The first kappa shape index (κ1) is 8.90. The minimum Gasteiger partial charge on any atom is -0.395 e. The van der Waals surface area contributed by atoms with Crippen LogP contribution in [0.25, 0.3) is 0 Å². The summed E-state index contributed by atoms with van der Waals surface area (Å²) >= 11 is 0. The summed E-state index contributed by atoms with van der Waals surface area (Å²) in [6, 6.07) is 0. The molecule has 1 fully saturated rings. The summed E-state index contributed by atoms with van der Waals surface area (Å²) in [6.45, 7) is 2.20. The summed E-state index contributed by atoms with van der Waals surface area (Å²) in [5.41, 5.74) is 3.01. The number of aliphatic hydroxyl groups excluding tert-OH is 1. The van der Waals surface area contributed by atoms with E-state index in [1.54, 1.807) is 0 Å². The van der Waals surface area contributed by atoms with Crippen molar-refractivity contribution in [1.82, 2.24) is 10.4 Å². The number of nitrogens with one attached hydrogen (secondary N) is 1. The average molecular weight is 162 g/mol. The zero-order valence-electron chi connectivity index (χ0n) is 6.59. The standard InChI is InChI=1S/C7H15FN2O/c8-7-1-4-10(5-2-7)9-3-6-11/h7,9,11H,1-6H2. The Morgan fingerprint density at radius 2 is 2.09 bits per heavy atom. The van der Waals surface area contributed by atoms with Gasteiger partial charge in [0.2, 0.25) is 0 Å². The van der Waals surface area contributed by atoms with E-state index in [4.69, 9.17) is 5.11 Å². The van der Waals surface area contributed by atoms with Crippen molar-refractivity contribution >= 4 is 0 Å². The summed E-state index contributed by atoms with van der Waals surface area (Å²) in [5.74, 6) is 0. The van der Waals surface area contributed by atoms with Gasteiger partial charge in [0.25, 0.3) is 0 Å². The monoisotopic (exact) mass is 162 g/mol. The van der Waals surface area contributed by atoms with Gasteiger partial charge >= 0.3 is 0 Å². The molecule has 0 saturated carbocycles. The van der Waals surface area contributed by atoms with E-state index >= 15 is 0 Å². The van der Waals surface area contributed by atoms with E-state index in [0.29, 0.717) is 19.4 Å². The van der Waals surface area contributed by atoms with Crippen LogP contribution < -0.4 is 5.43 Å². The molecule has 1 rings (SSSR count). The fraction of sp³-hybridized carbons (Fsp3) is 1.00. The molecule has 0 aromatic carbocycles. The molecule has 0 amide bonds. The van der Waals surface area contributed by atoms with Crippen molar-refractivity contribution in [3.05, 3.63) is 0 Å². The largest absolute Gasteiger partial charge is 0.395 e. The highest BCUT2D eigenvalue weighted by molar-refractivity contribution is 4.68. The maximum atomic E-state index is 12.6. The molecule has 0 aromatic rings. The molecule has 1 aliphatic rings. The number of rotatable bonds is 3. The summed E-state index contributed by atoms with van der Waals surface area (Å²) in [5, 5.41) is 10.5. The Morgan fingerprint density at radius 1 is 1.45 bits per heavy atom. The minimum atomic E-state index is -0.623. The van der Waals surface area contributed by atoms with Gasteiger partial charge in [0.1, 0.15) is 6.17 Å². The van der Waals surface area contributed by atoms with Crippen LogP contribution in [0.15, 0.2) is 0 Å². The molecule has 1 heterocycles. The zero-order valence-corrected chi connectivity index (χ0v) is 6.59. The number of alkyl halides is 1. The van der Waals surface area contributed by atoms with E-state index in [1.165, 1.54) is 0 Å². The van der Waals surface area contributed by atoms with Gasteiger partial charge in [0.15, 0.2) is 0 Å². The molecular weight excluding hydrogens is 147 g/mol. The average Bonchev–Trinajstić information content (AvgIpc) is 2.04. The van der Waals surface area contributed by atoms with Crippen molar-refractivity contribution < 1.29 is 9.50 Å². The molecule has 0 aliphatic carbocycles. The second kappa shape index (κ2) is 4.64. The summed E-state index contributed by atoms with van der Waals surface area (Å²) in [7, 11) is 0. The van der Waals surface area contributed by atoms with Crippen LogP contribution in [0.3, 0.4) is 0 Å². The van der Waals surface area contributed by atoms with Crippen molar-refractivity contribution in [3.8, 4) is 0 Å². The van der Waals surface area contributed by atoms with E-state index in [1.807, 2.05) is 5.01 Å². The molecule has 0 spiro atoms. The van der Waals surface area contributed by atoms with Crippen molar-refractivity contribution in [1.29, 1.82) is 0 Å². The molecule has 0 bridgehead atoms. The SMILES string of the molecule is OCCNN1CCC(F)CC1. The molecule has 0 atom stereocenters. The number of hydrogen-bond donors (Lipinski definition) is 2. The van der Waals surface area contributed by atoms with Gasteiger partial charge < -0.3 is 5.11 Å². The van der Waals surface area contributed by atoms with Crippen molar-refractivity contribution in [2.45, 2.75) is 19.0 Å². The number of nitrogens with zero attached hydrogens (tertiary/aromatic N) is 1. The van der Waals surface area contributed by atoms with E-state index in [9.17, 15) is 4.39 Å².